The van der Waals surface area contributed by atoms with Gasteiger partial charge in [-0.05, 0) is 43.0 Å². The van der Waals surface area contributed by atoms with Crippen LogP contribution in [0.3, 0.4) is 0 Å². The van der Waals surface area contributed by atoms with Crippen LogP contribution in [0, 0.1) is 0 Å². The van der Waals surface area contributed by atoms with Gasteiger partial charge in [-0.15, -0.1) is 0 Å². The summed E-state index contributed by atoms with van der Waals surface area (Å²) in [5.74, 6) is 1.83. The Bertz CT molecular complexity index is 656. The molecule has 2 aromatic carbocycles. The molecule has 23 heavy (non-hydrogen) atoms. The monoisotopic (exact) mass is 373 g/mol. The lowest BCUT2D eigenvalue weighted by Crippen LogP contribution is -2.07. The number of aryl methyl sites for hydroxylation is 1. The van der Waals surface area contributed by atoms with Crippen molar-refractivity contribution >= 4 is 27.3 Å². The maximum atomic E-state index is 6.03. The minimum absolute atomic E-state index is 0.599. The van der Waals surface area contributed by atoms with Gasteiger partial charge in [-0.2, -0.15) is 0 Å². The molecular weight excluding hydrogens is 350 g/mol. The topological polar surface area (TPSA) is 21.3 Å². The molecule has 1 aliphatic rings. The quantitative estimate of drug-likeness (QED) is 0.362. The van der Waals surface area contributed by atoms with E-state index >= 15 is 0 Å². The van der Waals surface area contributed by atoms with Crippen LogP contribution >= 0.6 is 15.9 Å². The number of rotatable bonds is 7. The first-order valence-corrected chi connectivity index (χ1v) is 9.49. The Balaban J connectivity index is 1.66. The molecule has 2 aromatic rings. The number of ether oxygens (including phenoxy) is 1. The van der Waals surface area contributed by atoms with E-state index in [4.69, 9.17) is 4.74 Å². The van der Waals surface area contributed by atoms with Crippen LogP contribution in [0.4, 0.5) is 11.4 Å². The van der Waals surface area contributed by atoms with Crippen LogP contribution in [-0.4, -0.2) is 4.83 Å². The summed E-state index contributed by atoms with van der Waals surface area (Å²) >= 11 is 3.84. The summed E-state index contributed by atoms with van der Waals surface area (Å²) in [5.41, 5.74) is 3.50. The fourth-order valence-corrected chi connectivity index (χ4v) is 3.55. The predicted molar refractivity (Wildman–Crippen MR) is 101 cm³/mol. The van der Waals surface area contributed by atoms with Gasteiger partial charge in [0.25, 0.3) is 0 Å². The molecule has 1 N–H and O–H groups in total. The molecule has 1 heterocycles. The molecule has 0 saturated heterocycles. The van der Waals surface area contributed by atoms with Crippen molar-refractivity contribution < 1.29 is 4.74 Å². The van der Waals surface area contributed by atoms with Crippen LogP contribution in [0.1, 0.15) is 44.6 Å². The number of nitrogens with one attached hydrogen (secondary N) is 1. The van der Waals surface area contributed by atoms with Gasteiger partial charge in [-0.1, -0.05) is 66.4 Å². The van der Waals surface area contributed by atoms with Crippen molar-refractivity contribution in [2.24, 2.45) is 0 Å². The van der Waals surface area contributed by atoms with E-state index in [-0.39, 0.29) is 0 Å². The van der Waals surface area contributed by atoms with Crippen molar-refractivity contribution in [1.82, 2.24) is 0 Å². The van der Waals surface area contributed by atoms with Crippen LogP contribution < -0.4 is 10.1 Å². The van der Waals surface area contributed by atoms with Crippen molar-refractivity contribution in [2.45, 2.75) is 50.3 Å². The molecule has 1 aliphatic heterocycles. The Labute approximate surface area is 147 Å². The Morgan fingerprint density at radius 2 is 1.83 bits per heavy atom. The van der Waals surface area contributed by atoms with E-state index in [9.17, 15) is 0 Å². The van der Waals surface area contributed by atoms with Crippen LogP contribution in [-0.2, 0) is 6.42 Å². The smallest absolute Gasteiger partial charge is 0.151 e. The molecule has 1 unspecified atom stereocenters. The summed E-state index contributed by atoms with van der Waals surface area (Å²) in [5, 5.41) is 3.54. The average molecular weight is 374 g/mol. The Kier molecular flexibility index (Phi) is 5.60. The van der Waals surface area contributed by atoms with Crippen LogP contribution in [0.15, 0.2) is 42.5 Å². The van der Waals surface area contributed by atoms with Crippen molar-refractivity contribution in [1.29, 1.82) is 0 Å². The zero-order valence-corrected chi connectivity index (χ0v) is 15.2. The van der Waals surface area contributed by atoms with E-state index in [2.05, 4.69) is 46.4 Å². The van der Waals surface area contributed by atoms with E-state index in [1.165, 1.54) is 31.2 Å². The van der Waals surface area contributed by atoms with E-state index in [0.29, 0.717) is 4.83 Å². The molecule has 2 nitrogen and oxygen atoms in total. The van der Waals surface area contributed by atoms with E-state index in [0.717, 1.165) is 35.7 Å². The SMILES string of the molecule is CCCCCC(Br)CCc1cccc2c1Nc1ccccc1O2. The number of unbranched alkanes of at least 4 members (excludes halogenated alkanes) is 2. The highest BCUT2D eigenvalue weighted by molar-refractivity contribution is 9.09. The molecule has 3 rings (SSSR count). The first-order chi connectivity index (χ1) is 11.3. The van der Waals surface area contributed by atoms with Gasteiger partial charge in [0.15, 0.2) is 11.5 Å². The number of alkyl halides is 1. The van der Waals surface area contributed by atoms with Crippen molar-refractivity contribution in [3.8, 4) is 11.5 Å². The van der Waals surface area contributed by atoms with Crippen molar-refractivity contribution in [3.63, 3.8) is 0 Å². The molecule has 0 radical (unpaired) electrons. The van der Waals surface area contributed by atoms with Gasteiger partial charge in [0.05, 0.1) is 11.4 Å². The molecule has 0 aliphatic carbocycles. The first kappa shape index (κ1) is 16.4. The Morgan fingerprint density at radius 1 is 1.00 bits per heavy atom. The molecule has 0 saturated carbocycles. The summed E-state index contributed by atoms with van der Waals surface area (Å²) in [6, 6.07) is 14.4. The van der Waals surface area contributed by atoms with E-state index in [1.54, 1.807) is 0 Å². The molecule has 0 spiro atoms. The number of para-hydroxylation sites is 3. The fourth-order valence-electron chi connectivity index (χ4n) is 3.00. The summed E-state index contributed by atoms with van der Waals surface area (Å²) in [6.45, 7) is 2.25. The number of hydrogen-bond acceptors (Lipinski definition) is 2. The van der Waals surface area contributed by atoms with Gasteiger partial charge in [0.1, 0.15) is 0 Å². The maximum absolute atomic E-state index is 6.03. The lowest BCUT2D eigenvalue weighted by Gasteiger charge is -2.24. The fraction of sp³-hybridized carbons (Fsp3) is 0.400. The lowest BCUT2D eigenvalue weighted by molar-refractivity contribution is 0.480. The minimum atomic E-state index is 0.599. The zero-order valence-electron chi connectivity index (χ0n) is 13.6. The highest BCUT2D eigenvalue weighted by Crippen LogP contribution is 2.43. The van der Waals surface area contributed by atoms with Gasteiger partial charge >= 0.3 is 0 Å². The van der Waals surface area contributed by atoms with Crippen LogP contribution in [0.2, 0.25) is 0 Å². The Morgan fingerprint density at radius 3 is 2.70 bits per heavy atom. The third kappa shape index (κ3) is 4.08. The standard InChI is InChI=1S/C20H24BrNO/c1-2-3-4-9-16(21)14-13-15-8-7-12-19-20(15)22-17-10-5-6-11-18(17)23-19/h5-8,10-12,16,22H,2-4,9,13-14H2,1H3. The van der Waals surface area contributed by atoms with Gasteiger partial charge in [-0.25, -0.2) is 0 Å². The van der Waals surface area contributed by atoms with Crippen molar-refractivity contribution in [2.75, 3.05) is 5.32 Å². The third-order valence-corrected chi connectivity index (χ3v) is 5.24. The summed E-state index contributed by atoms with van der Waals surface area (Å²) in [7, 11) is 0. The van der Waals surface area contributed by atoms with Crippen LogP contribution in [0.25, 0.3) is 0 Å². The number of anilines is 2. The zero-order chi connectivity index (χ0) is 16.1. The van der Waals surface area contributed by atoms with E-state index in [1.807, 2.05) is 24.3 Å². The summed E-state index contributed by atoms with van der Waals surface area (Å²) < 4.78 is 6.03. The first-order valence-electron chi connectivity index (χ1n) is 8.57. The van der Waals surface area contributed by atoms with Gasteiger partial charge < -0.3 is 10.1 Å². The highest BCUT2D eigenvalue weighted by Gasteiger charge is 2.18. The summed E-state index contributed by atoms with van der Waals surface area (Å²) in [4.78, 5) is 0.599. The molecule has 122 valence electrons. The van der Waals surface area contributed by atoms with Gasteiger partial charge in [0.2, 0.25) is 0 Å². The molecule has 0 amide bonds. The van der Waals surface area contributed by atoms with Gasteiger partial charge in [0, 0.05) is 4.83 Å². The lowest BCUT2D eigenvalue weighted by atomic mass is 10.0. The van der Waals surface area contributed by atoms with Crippen molar-refractivity contribution in [3.05, 3.63) is 48.0 Å². The second kappa shape index (κ2) is 7.87. The predicted octanol–water partition coefficient (Wildman–Crippen LogP) is 6.81. The number of hydrogen-bond donors (Lipinski definition) is 1. The van der Waals surface area contributed by atoms with Crippen LogP contribution in [0.5, 0.6) is 11.5 Å². The molecule has 1 atom stereocenters. The number of fused-ring (bicyclic) bond motifs is 2. The normalized spacial score (nSPS) is 13.5. The minimum Gasteiger partial charge on any atom is -0.453 e. The summed E-state index contributed by atoms with van der Waals surface area (Å²) in [6.07, 6.45) is 7.40. The molecule has 0 fully saturated rings. The molecule has 3 heteroatoms. The number of benzene rings is 2. The molecule has 0 bridgehead atoms. The second-order valence-electron chi connectivity index (χ2n) is 6.15. The highest BCUT2D eigenvalue weighted by atomic mass is 79.9. The number of halogens is 1. The van der Waals surface area contributed by atoms with E-state index < -0.39 is 0 Å². The maximum Gasteiger partial charge on any atom is 0.151 e. The molecular formula is C20H24BrNO. The Hall–Kier alpha value is -1.48. The van der Waals surface area contributed by atoms with Gasteiger partial charge in [-0.3, -0.25) is 0 Å². The second-order valence-corrected chi connectivity index (χ2v) is 7.44. The average Bonchev–Trinajstić information content (AvgIpc) is 2.58. The largest absolute Gasteiger partial charge is 0.453 e. The third-order valence-electron chi connectivity index (χ3n) is 4.33. The molecule has 0 aromatic heterocycles.